The van der Waals surface area contributed by atoms with E-state index in [4.69, 9.17) is 43.0 Å². The zero-order valence-corrected chi connectivity index (χ0v) is 21.7. The van der Waals surface area contributed by atoms with Crippen LogP contribution in [0.5, 0.6) is 0 Å². The highest BCUT2D eigenvalue weighted by molar-refractivity contribution is 4.57. The van der Waals surface area contributed by atoms with Crippen molar-refractivity contribution in [1.82, 2.24) is 4.90 Å². The van der Waals surface area contributed by atoms with E-state index in [1.165, 1.54) is 0 Å². The fourth-order valence-corrected chi connectivity index (χ4v) is 2.68. The summed E-state index contributed by atoms with van der Waals surface area (Å²) in [5, 5.41) is 8.71. The van der Waals surface area contributed by atoms with E-state index in [0.717, 1.165) is 45.7 Å². The normalized spacial score (nSPS) is 11.6. The van der Waals surface area contributed by atoms with E-state index in [0.29, 0.717) is 92.5 Å². The first-order valence-corrected chi connectivity index (χ1v) is 12.8. The summed E-state index contributed by atoms with van der Waals surface area (Å²) in [6.07, 6.45) is 2.05. The second kappa shape index (κ2) is 30.6. The van der Waals surface area contributed by atoms with Gasteiger partial charge < -0.3 is 43.0 Å². The highest BCUT2D eigenvalue weighted by Gasteiger charge is 2.06. The summed E-state index contributed by atoms with van der Waals surface area (Å²) < 4.78 is 44.0. The lowest BCUT2D eigenvalue weighted by Gasteiger charge is -2.22. The smallest absolute Gasteiger partial charge is 0.0701 e. The van der Waals surface area contributed by atoms with Gasteiger partial charge in [0.25, 0.3) is 0 Å². The maximum Gasteiger partial charge on any atom is 0.0701 e. The third kappa shape index (κ3) is 27.8. The van der Waals surface area contributed by atoms with Crippen molar-refractivity contribution in [3.63, 3.8) is 0 Å². The van der Waals surface area contributed by atoms with E-state index in [1.54, 1.807) is 0 Å². The molecule has 0 aromatic heterocycles. The minimum atomic E-state index is 0.0309. The number of aliphatic hydroxyl groups is 1. The Kier molecular flexibility index (Phi) is 30.3. The number of ether oxygens (including phenoxy) is 8. The van der Waals surface area contributed by atoms with Gasteiger partial charge in [0.05, 0.1) is 99.1 Å². The number of hydrogen-bond donors (Lipinski definition) is 1. The summed E-state index contributed by atoms with van der Waals surface area (Å²) in [5.74, 6) is 0. The van der Waals surface area contributed by atoms with E-state index in [9.17, 15) is 0 Å². The van der Waals surface area contributed by atoms with Crippen molar-refractivity contribution in [3.8, 4) is 0 Å². The standard InChI is InChI=1S/C24H51NO9/c1-3-9-27-15-21-33-23-18-30-12-6-25(5-11-29-17-20-32-14-8-26)7-13-31-19-24-34-22-16-28-10-4-2/h26H,3-24H2,1-2H3. The number of rotatable bonds is 30. The van der Waals surface area contributed by atoms with Crippen LogP contribution in [0.1, 0.15) is 26.7 Å². The van der Waals surface area contributed by atoms with Gasteiger partial charge in [-0.05, 0) is 12.8 Å². The topological polar surface area (TPSA) is 97.3 Å². The van der Waals surface area contributed by atoms with Crippen LogP contribution in [-0.2, 0) is 37.9 Å². The zero-order chi connectivity index (χ0) is 24.8. The zero-order valence-electron chi connectivity index (χ0n) is 21.7. The molecule has 0 spiro atoms. The Labute approximate surface area is 207 Å². The molecule has 0 aliphatic heterocycles. The molecule has 0 aliphatic carbocycles. The first-order valence-electron chi connectivity index (χ1n) is 12.8. The molecule has 0 aromatic carbocycles. The van der Waals surface area contributed by atoms with Gasteiger partial charge in [0.1, 0.15) is 0 Å². The molecular weight excluding hydrogens is 446 g/mol. The maximum atomic E-state index is 8.71. The molecule has 0 rings (SSSR count). The molecule has 0 atom stereocenters. The largest absolute Gasteiger partial charge is 0.394 e. The first-order chi connectivity index (χ1) is 16.8. The number of aliphatic hydroxyl groups excluding tert-OH is 1. The second-order valence-corrected chi connectivity index (χ2v) is 7.46. The Hall–Kier alpha value is -0.400. The maximum absolute atomic E-state index is 8.71. The number of hydrogen-bond acceptors (Lipinski definition) is 10. The van der Waals surface area contributed by atoms with Crippen molar-refractivity contribution < 1.29 is 43.0 Å². The highest BCUT2D eigenvalue weighted by Crippen LogP contribution is 1.93. The first kappa shape index (κ1) is 33.6. The number of nitrogens with zero attached hydrogens (tertiary/aromatic N) is 1. The molecule has 0 radical (unpaired) electrons. The molecule has 206 valence electrons. The lowest BCUT2D eigenvalue weighted by atomic mass is 10.4. The molecule has 0 saturated carbocycles. The minimum absolute atomic E-state index is 0.0309. The van der Waals surface area contributed by atoms with Gasteiger partial charge in [0.15, 0.2) is 0 Å². The Bertz CT molecular complexity index is 343. The van der Waals surface area contributed by atoms with Crippen LogP contribution in [0.2, 0.25) is 0 Å². The Morgan fingerprint density at radius 3 is 0.941 bits per heavy atom. The van der Waals surface area contributed by atoms with Crippen LogP contribution in [-0.4, -0.2) is 142 Å². The van der Waals surface area contributed by atoms with Crippen LogP contribution in [0.25, 0.3) is 0 Å². The molecular formula is C24H51NO9. The summed E-state index contributed by atoms with van der Waals surface area (Å²) in [4.78, 5) is 2.26. The molecule has 0 aliphatic rings. The molecule has 0 saturated heterocycles. The van der Waals surface area contributed by atoms with Gasteiger partial charge in [0, 0.05) is 32.8 Å². The van der Waals surface area contributed by atoms with Crippen LogP contribution in [0, 0.1) is 0 Å². The Morgan fingerprint density at radius 2 is 0.647 bits per heavy atom. The lowest BCUT2D eigenvalue weighted by Crippen LogP contribution is -2.34. The Morgan fingerprint density at radius 1 is 0.382 bits per heavy atom. The van der Waals surface area contributed by atoms with Gasteiger partial charge in [-0.25, -0.2) is 0 Å². The van der Waals surface area contributed by atoms with Crippen LogP contribution in [0.4, 0.5) is 0 Å². The molecule has 0 fully saturated rings. The van der Waals surface area contributed by atoms with Crippen LogP contribution < -0.4 is 0 Å². The van der Waals surface area contributed by atoms with E-state index < -0.39 is 0 Å². The fourth-order valence-electron chi connectivity index (χ4n) is 2.68. The van der Waals surface area contributed by atoms with Crippen molar-refractivity contribution in [2.45, 2.75) is 26.7 Å². The Balaban J connectivity index is 3.82. The van der Waals surface area contributed by atoms with Crippen molar-refractivity contribution in [1.29, 1.82) is 0 Å². The van der Waals surface area contributed by atoms with Gasteiger partial charge in [-0.1, -0.05) is 13.8 Å². The summed E-state index contributed by atoms with van der Waals surface area (Å²) in [5.41, 5.74) is 0. The van der Waals surface area contributed by atoms with Gasteiger partial charge in [-0.3, -0.25) is 4.90 Å². The van der Waals surface area contributed by atoms with E-state index >= 15 is 0 Å². The molecule has 10 nitrogen and oxygen atoms in total. The van der Waals surface area contributed by atoms with Crippen molar-refractivity contribution >= 4 is 0 Å². The minimum Gasteiger partial charge on any atom is -0.394 e. The highest BCUT2D eigenvalue weighted by atomic mass is 16.6. The van der Waals surface area contributed by atoms with Crippen molar-refractivity contribution in [3.05, 3.63) is 0 Å². The molecule has 1 N–H and O–H groups in total. The summed E-state index contributed by atoms with van der Waals surface area (Å²) in [6.45, 7) is 16.0. The van der Waals surface area contributed by atoms with E-state index in [2.05, 4.69) is 18.7 Å². The molecule has 0 unspecified atom stereocenters. The molecule has 10 heteroatoms. The lowest BCUT2D eigenvalue weighted by molar-refractivity contribution is -0.00368. The molecule has 34 heavy (non-hydrogen) atoms. The van der Waals surface area contributed by atoms with Crippen LogP contribution in [0.3, 0.4) is 0 Å². The average molecular weight is 498 g/mol. The monoisotopic (exact) mass is 497 g/mol. The second-order valence-electron chi connectivity index (χ2n) is 7.46. The van der Waals surface area contributed by atoms with Gasteiger partial charge >= 0.3 is 0 Å². The average Bonchev–Trinajstić information content (AvgIpc) is 2.85. The van der Waals surface area contributed by atoms with Crippen molar-refractivity contribution in [2.24, 2.45) is 0 Å². The van der Waals surface area contributed by atoms with Crippen molar-refractivity contribution in [2.75, 3.05) is 132 Å². The summed E-state index contributed by atoms with van der Waals surface area (Å²) in [7, 11) is 0. The van der Waals surface area contributed by atoms with Gasteiger partial charge in [0.2, 0.25) is 0 Å². The van der Waals surface area contributed by atoms with E-state index in [-0.39, 0.29) is 6.61 Å². The van der Waals surface area contributed by atoms with Gasteiger partial charge in [-0.2, -0.15) is 0 Å². The third-order valence-corrected chi connectivity index (χ3v) is 4.45. The quantitative estimate of drug-likeness (QED) is 0.146. The molecule has 0 amide bonds. The molecule has 0 bridgehead atoms. The predicted molar refractivity (Wildman–Crippen MR) is 131 cm³/mol. The van der Waals surface area contributed by atoms with Gasteiger partial charge in [-0.15, -0.1) is 0 Å². The molecule has 0 heterocycles. The fraction of sp³-hybridized carbons (Fsp3) is 1.00. The van der Waals surface area contributed by atoms with Crippen LogP contribution in [0.15, 0.2) is 0 Å². The third-order valence-electron chi connectivity index (χ3n) is 4.45. The van der Waals surface area contributed by atoms with E-state index in [1.807, 2.05) is 0 Å². The van der Waals surface area contributed by atoms with Crippen LogP contribution >= 0.6 is 0 Å². The summed E-state index contributed by atoms with van der Waals surface area (Å²) >= 11 is 0. The SMILES string of the molecule is CCCOCCOCCOCCN(CCOCCOCCO)CCOCCOCCOCCC. The summed E-state index contributed by atoms with van der Waals surface area (Å²) in [6, 6.07) is 0. The predicted octanol–water partition coefficient (Wildman–Crippen LogP) is 1.23. The molecule has 0 aromatic rings.